The molecule has 2 N–H and O–H groups in total. The molecule has 4 atom stereocenters. The molecule has 2 saturated heterocycles. The summed E-state index contributed by atoms with van der Waals surface area (Å²) in [6, 6.07) is 6.48. The van der Waals surface area contributed by atoms with Gasteiger partial charge in [-0.15, -0.1) is 0 Å². The van der Waals surface area contributed by atoms with Crippen LogP contribution in [0.4, 0.5) is 4.39 Å². The van der Waals surface area contributed by atoms with E-state index >= 15 is 0 Å². The minimum atomic E-state index is -0.260. The number of hydrazine groups is 1. The average Bonchev–Trinajstić information content (AvgIpc) is 3.24. The van der Waals surface area contributed by atoms with Crippen molar-refractivity contribution in [2.24, 2.45) is 11.8 Å². The van der Waals surface area contributed by atoms with Crippen molar-refractivity contribution in [1.29, 1.82) is 0 Å². The summed E-state index contributed by atoms with van der Waals surface area (Å²) in [7, 11) is 0. The summed E-state index contributed by atoms with van der Waals surface area (Å²) in [5.74, 6) is 1.41. The maximum atomic E-state index is 13.0. The number of ether oxygens (including phenoxy) is 1. The van der Waals surface area contributed by atoms with Crippen LogP contribution in [0, 0.1) is 17.7 Å². The summed E-state index contributed by atoms with van der Waals surface area (Å²) >= 11 is 0. The molecule has 1 aliphatic carbocycles. The number of carbonyl (C=O) groups excluding carboxylic acids is 1. The SMILES string of the molecule is O=C(C1NNC2CCCC21)N1CCCC(COc2ccc(F)cc2)C1. The Labute approximate surface area is 147 Å². The first-order valence-electron chi connectivity index (χ1n) is 9.39. The lowest BCUT2D eigenvalue weighted by Crippen LogP contribution is -2.51. The zero-order valence-corrected chi connectivity index (χ0v) is 14.4. The molecule has 0 bridgehead atoms. The smallest absolute Gasteiger partial charge is 0.241 e. The Morgan fingerprint density at radius 1 is 1.16 bits per heavy atom. The minimum Gasteiger partial charge on any atom is -0.493 e. The van der Waals surface area contributed by atoms with E-state index in [0.717, 1.165) is 38.8 Å². The Balaban J connectivity index is 1.31. The number of nitrogens with zero attached hydrogens (tertiary/aromatic N) is 1. The number of fused-ring (bicyclic) bond motifs is 1. The van der Waals surface area contributed by atoms with Gasteiger partial charge >= 0.3 is 0 Å². The van der Waals surface area contributed by atoms with Crippen LogP contribution in [-0.4, -0.2) is 42.6 Å². The Hall–Kier alpha value is -1.66. The lowest BCUT2D eigenvalue weighted by molar-refractivity contribution is -0.136. The number of likely N-dealkylation sites (tertiary alicyclic amines) is 1. The van der Waals surface area contributed by atoms with Crippen LogP contribution in [0.2, 0.25) is 0 Å². The first kappa shape index (κ1) is 16.8. The maximum absolute atomic E-state index is 13.0. The number of piperidine rings is 1. The van der Waals surface area contributed by atoms with Gasteiger partial charge in [0.25, 0.3) is 0 Å². The number of amides is 1. The summed E-state index contributed by atoms with van der Waals surface area (Å²) < 4.78 is 18.7. The number of hydrogen-bond donors (Lipinski definition) is 2. The van der Waals surface area contributed by atoms with Crippen molar-refractivity contribution < 1.29 is 13.9 Å². The molecule has 2 aliphatic heterocycles. The molecule has 4 unspecified atom stereocenters. The van der Waals surface area contributed by atoms with Crippen LogP contribution in [0.15, 0.2) is 24.3 Å². The van der Waals surface area contributed by atoms with Gasteiger partial charge in [0.1, 0.15) is 17.6 Å². The first-order valence-corrected chi connectivity index (χ1v) is 9.39. The van der Waals surface area contributed by atoms with E-state index < -0.39 is 0 Å². The second-order valence-electron chi connectivity index (χ2n) is 7.53. The van der Waals surface area contributed by atoms with Crippen LogP contribution < -0.4 is 15.6 Å². The van der Waals surface area contributed by atoms with Crippen LogP contribution in [0.25, 0.3) is 0 Å². The highest BCUT2D eigenvalue weighted by molar-refractivity contribution is 5.82. The predicted molar refractivity (Wildman–Crippen MR) is 92.4 cm³/mol. The van der Waals surface area contributed by atoms with Gasteiger partial charge in [0, 0.05) is 31.0 Å². The summed E-state index contributed by atoms with van der Waals surface area (Å²) in [5, 5.41) is 0. The van der Waals surface area contributed by atoms with Crippen molar-refractivity contribution in [3.63, 3.8) is 0 Å². The summed E-state index contributed by atoms with van der Waals surface area (Å²) in [5.41, 5.74) is 6.52. The van der Waals surface area contributed by atoms with Gasteiger partial charge < -0.3 is 9.64 Å². The zero-order valence-electron chi connectivity index (χ0n) is 14.4. The Kier molecular flexibility index (Phi) is 4.90. The quantitative estimate of drug-likeness (QED) is 0.876. The second-order valence-corrected chi connectivity index (χ2v) is 7.53. The van der Waals surface area contributed by atoms with E-state index in [9.17, 15) is 9.18 Å². The third-order valence-electron chi connectivity index (χ3n) is 5.82. The van der Waals surface area contributed by atoms with E-state index in [4.69, 9.17) is 4.74 Å². The summed E-state index contributed by atoms with van der Waals surface area (Å²) in [6.07, 6.45) is 5.58. The molecule has 6 heteroatoms. The van der Waals surface area contributed by atoms with Gasteiger partial charge in [0.2, 0.25) is 5.91 Å². The Bertz CT molecular complexity index is 609. The minimum absolute atomic E-state index is 0.0794. The zero-order chi connectivity index (χ0) is 17.2. The molecule has 1 amide bonds. The van der Waals surface area contributed by atoms with E-state index in [1.54, 1.807) is 12.1 Å². The molecule has 3 fully saturated rings. The molecule has 0 aromatic heterocycles. The lowest BCUT2D eigenvalue weighted by atomic mass is 9.93. The monoisotopic (exact) mass is 347 g/mol. The van der Waals surface area contributed by atoms with Gasteiger partial charge in [-0.25, -0.2) is 9.82 Å². The second kappa shape index (κ2) is 7.30. The Morgan fingerprint density at radius 2 is 2.00 bits per heavy atom. The van der Waals surface area contributed by atoms with E-state index in [2.05, 4.69) is 10.9 Å². The highest BCUT2D eigenvalue weighted by Crippen LogP contribution is 2.33. The number of carbonyl (C=O) groups is 1. The van der Waals surface area contributed by atoms with Gasteiger partial charge in [0.15, 0.2) is 0 Å². The van der Waals surface area contributed by atoms with Crippen LogP contribution in [-0.2, 0) is 4.79 Å². The number of rotatable bonds is 4. The first-order chi connectivity index (χ1) is 12.2. The van der Waals surface area contributed by atoms with Gasteiger partial charge in [-0.3, -0.25) is 10.2 Å². The van der Waals surface area contributed by atoms with E-state index in [0.29, 0.717) is 30.2 Å². The van der Waals surface area contributed by atoms with E-state index in [1.165, 1.54) is 18.6 Å². The predicted octanol–water partition coefficient (Wildman–Crippen LogP) is 2.09. The Morgan fingerprint density at radius 3 is 2.84 bits per heavy atom. The van der Waals surface area contributed by atoms with Gasteiger partial charge in [0.05, 0.1) is 6.61 Å². The van der Waals surface area contributed by atoms with Crippen molar-refractivity contribution >= 4 is 5.91 Å². The van der Waals surface area contributed by atoms with Crippen LogP contribution in [0.5, 0.6) is 5.75 Å². The van der Waals surface area contributed by atoms with E-state index in [-0.39, 0.29) is 17.8 Å². The number of halogens is 1. The van der Waals surface area contributed by atoms with Crippen molar-refractivity contribution in [1.82, 2.24) is 15.8 Å². The molecule has 0 radical (unpaired) electrons. The molecule has 4 rings (SSSR count). The fraction of sp³-hybridized carbons (Fsp3) is 0.632. The molecule has 3 aliphatic rings. The molecule has 2 heterocycles. The highest BCUT2D eigenvalue weighted by atomic mass is 19.1. The van der Waals surface area contributed by atoms with Crippen LogP contribution in [0.1, 0.15) is 32.1 Å². The third-order valence-corrected chi connectivity index (χ3v) is 5.82. The molecular formula is C19H26FN3O2. The standard InChI is InChI=1S/C19H26FN3O2/c20-14-6-8-15(9-7-14)25-12-13-3-2-10-23(11-13)19(24)18-16-4-1-5-17(16)21-22-18/h6-9,13,16-18,21-22H,1-5,10-12H2. The molecule has 25 heavy (non-hydrogen) atoms. The number of benzene rings is 1. The molecule has 136 valence electrons. The van der Waals surface area contributed by atoms with Gasteiger partial charge in [-0.2, -0.15) is 0 Å². The maximum Gasteiger partial charge on any atom is 0.241 e. The molecular weight excluding hydrogens is 321 g/mol. The van der Waals surface area contributed by atoms with E-state index in [1.807, 2.05) is 4.90 Å². The largest absolute Gasteiger partial charge is 0.493 e. The highest BCUT2D eigenvalue weighted by Gasteiger charge is 2.44. The third kappa shape index (κ3) is 3.65. The van der Waals surface area contributed by atoms with Crippen molar-refractivity contribution in [3.8, 4) is 5.75 Å². The van der Waals surface area contributed by atoms with Gasteiger partial charge in [-0.05, 0) is 49.9 Å². The summed E-state index contributed by atoms with van der Waals surface area (Å²) in [4.78, 5) is 14.9. The van der Waals surface area contributed by atoms with Crippen molar-refractivity contribution in [2.75, 3.05) is 19.7 Å². The molecule has 1 aromatic carbocycles. The normalized spacial score (nSPS) is 31.8. The molecule has 5 nitrogen and oxygen atoms in total. The summed E-state index contributed by atoms with van der Waals surface area (Å²) in [6.45, 7) is 2.15. The van der Waals surface area contributed by atoms with Crippen molar-refractivity contribution in [2.45, 2.75) is 44.2 Å². The fourth-order valence-corrected chi connectivity index (χ4v) is 4.46. The van der Waals surface area contributed by atoms with Crippen LogP contribution in [0.3, 0.4) is 0 Å². The number of hydrogen-bond acceptors (Lipinski definition) is 4. The van der Waals surface area contributed by atoms with Gasteiger partial charge in [-0.1, -0.05) is 6.42 Å². The lowest BCUT2D eigenvalue weighted by Gasteiger charge is -2.35. The number of nitrogens with one attached hydrogen (secondary N) is 2. The average molecular weight is 347 g/mol. The molecule has 1 saturated carbocycles. The topological polar surface area (TPSA) is 53.6 Å². The molecule has 0 spiro atoms. The van der Waals surface area contributed by atoms with Crippen LogP contribution >= 0.6 is 0 Å². The van der Waals surface area contributed by atoms with Crippen molar-refractivity contribution in [3.05, 3.63) is 30.1 Å². The molecule has 1 aromatic rings. The fourth-order valence-electron chi connectivity index (χ4n) is 4.46.